The monoisotopic (exact) mass is 257 g/mol. The molecule has 0 unspecified atom stereocenters. The first-order valence-corrected chi connectivity index (χ1v) is 5.75. The number of methoxy groups -OCH3 is 2. The molecule has 0 atom stereocenters. The van der Waals surface area contributed by atoms with Crippen molar-refractivity contribution in [2.45, 2.75) is 6.92 Å². The Kier molecular flexibility index (Phi) is 5.24. The highest BCUT2D eigenvalue weighted by atomic mass is 16.5. The predicted molar refractivity (Wildman–Crippen MR) is 69.0 cm³/mol. The van der Waals surface area contributed by atoms with Crippen LogP contribution in [0.15, 0.2) is 9.98 Å². The second-order valence-corrected chi connectivity index (χ2v) is 4.21. The minimum atomic E-state index is 0.130. The lowest BCUT2D eigenvalue weighted by Crippen LogP contribution is -2.55. The largest absolute Gasteiger partial charge is 0.484 e. The third-order valence-electron chi connectivity index (χ3n) is 2.90. The van der Waals surface area contributed by atoms with E-state index in [0.717, 1.165) is 13.1 Å². The maximum atomic E-state index is 8.05. The van der Waals surface area contributed by atoms with Crippen molar-refractivity contribution < 1.29 is 18.7 Å². The van der Waals surface area contributed by atoms with Crippen LogP contribution in [0.4, 0.5) is 0 Å². The molecule has 0 aromatic rings. The number of rotatable bonds is 0. The van der Waals surface area contributed by atoms with Gasteiger partial charge in [-0.2, -0.15) is 4.99 Å². The molecule has 102 valence electrons. The number of likely N-dealkylation sites (N-methyl/N-ethyl adjacent to an activating group) is 1. The molecule has 18 heavy (non-hydrogen) atoms. The Bertz CT molecular complexity index is 359. The summed E-state index contributed by atoms with van der Waals surface area (Å²) in [6, 6.07) is 0.130. The molecule has 1 fully saturated rings. The lowest BCUT2D eigenvalue weighted by atomic mass is 10.4. The van der Waals surface area contributed by atoms with E-state index in [1.807, 2.05) is 7.05 Å². The Balaban J connectivity index is 2.81. The molecule has 0 aromatic carbocycles. The van der Waals surface area contributed by atoms with E-state index in [1.54, 1.807) is 6.92 Å². The van der Waals surface area contributed by atoms with E-state index < -0.39 is 0 Å². The summed E-state index contributed by atoms with van der Waals surface area (Å²) >= 11 is 0. The van der Waals surface area contributed by atoms with Crippen LogP contribution in [0.2, 0.25) is 0 Å². The number of morpholine rings is 1. The molecule has 7 heteroatoms. The summed E-state index contributed by atoms with van der Waals surface area (Å²) in [5, 5.41) is 8.05. The van der Waals surface area contributed by atoms with Gasteiger partial charge in [0.05, 0.1) is 34.5 Å². The summed E-state index contributed by atoms with van der Waals surface area (Å²) in [6.07, 6.45) is 0. The zero-order valence-corrected chi connectivity index (χ0v) is 11.4. The number of hydrogen-bond donors (Lipinski definition) is 1. The molecule has 1 aliphatic rings. The minimum Gasteiger partial charge on any atom is -0.484 e. The molecule has 1 aliphatic heterocycles. The van der Waals surface area contributed by atoms with Gasteiger partial charge in [0, 0.05) is 6.92 Å². The van der Waals surface area contributed by atoms with Crippen LogP contribution >= 0.6 is 0 Å². The third-order valence-corrected chi connectivity index (χ3v) is 2.90. The average Bonchev–Trinajstić information content (AvgIpc) is 2.38. The quantitative estimate of drug-likeness (QED) is 0.389. The lowest BCUT2D eigenvalue weighted by Gasteiger charge is -2.34. The van der Waals surface area contributed by atoms with Crippen molar-refractivity contribution in [2.75, 3.05) is 47.6 Å². The van der Waals surface area contributed by atoms with E-state index in [4.69, 9.17) is 19.6 Å². The van der Waals surface area contributed by atoms with Crippen molar-refractivity contribution in [1.82, 2.24) is 0 Å². The molecule has 7 nitrogen and oxygen atoms in total. The third kappa shape index (κ3) is 3.78. The normalized spacial score (nSPS) is 20.4. The fourth-order valence-corrected chi connectivity index (χ4v) is 1.47. The molecule has 0 radical (unpaired) electrons. The number of hydrogen-bond acceptors (Lipinski definition) is 4. The van der Waals surface area contributed by atoms with Crippen LogP contribution in [0.1, 0.15) is 6.92 Å². The molecular weight excluding hydrogens is 236 g/mol. The highest BCUT2D eigenvalue weighted by Gasteiger charge is 2.31. The summed E-state index contributed by atoms with van der Waals surface area (Å²) in [5.74, 6) is 0.649. The smallest absolute Gasteiger partial charge is 0.326 e. The zero-order valence-electron chi connectivity index (χ0n) is 11.4. The number of aliphatic imine (C=N–C) groups is 2. The summed E-state index contributed by atoms with van der Waals surface area (Å²) in [5.41, 5.74) is 0. The molecule has 1 N–H and O–H groups in total. The molecular formula is C11H21N4O3+. The average molecular weight is 257 g/mol. The first kappa shape index (κ1) is 14.6. The second-order valence-electron chi connectivity index (χ2n) is 4.21. The molecule has 0 saturated carbocycles. The molecule has 0 aromatic heterocycles. The Morgan fingerprint density at radius 1 is 1.17 bits per heavy atom. The van der Waals surface area contributed by atoms with E-state index in [9.17, 15) is 0 Å². The van der Waals surface area contributed by atoms with Crippen LogP contribution in [-0.2, 0) is 14.2 Å². The van der Waals surface area contributed by atoms with Gasteiger partial charge in [-0.3, -0.25) is 4.48 Å². The Labute approximate surface area is 107 Å². The molecule has 0 spiro atoms. The van der Waals surface area contributed by atoms with Crippen molar-refractivity contribution in [3.63, 3.8) is 0 Å². The lowest BCUT2D eigenvalue weighted by molar-refractivity contribution is -0.832. The molecule has 0 aliphatic carbocycles. The van der Waals surface area contributed by atoms with Gasteiger partial charge in [0.15, 0.2) is 5.90 Å². The topological polar surface area (TPSA) is 76.3 Å². The van der Waals surface area contributed by atoms with Gasteiger partial charge in [0.2, 0.25) is 0 Å². The summed E-state index contributed by atoms with van der Waals surface area (Å²) < 4.78 is 15.7. The number of quaternary nitrogens is 1. The number of nitrogens with one attached hydrogen (secondary N) is 1. The first-order valence-electron chi connectivity index (χ1n) is 5.75. The highest BCUT2D eigenvalue weighted by molar-refractivity contribution is 5.94. The van der Waals surface area contributed by atoms with E-state index in [1.165, 1.54) is 14.2 Å². The van der Waals surface area contributed by atoms with Gasteiger partial charge >= 0.3 is 12.0 Å². The molecule has 1 saturated heterocycles. The fourth-order valence-electron chi connectivity index (χ4n) is 1.47. The summed E-state index contributed by atoms with van der Waals surface area (Å²) in [7, 11) is 4.94. The zero-order chi connectivity index (χ0) is 13.6. The Hall–Kier alpha value is -1.47. The van der Waals surface area contributed by atoms with Crippen LogP contribution in [0.3, 0.4) is 0 Å². The van der Waals surface area contributed by atoms with Gasteiger partial charge < -0.3 is 14.2 Å². The minimum absolute atomic E-state index is 0.130. The molecule has 0 bridgehead atoms. The number of guanidine groups is 1. The van der Waals surface area contributed by atoms with Crippen LogP contribution in [0.5, 0.6) is 0 Å². The second kappa shape index (κ2) is 6.46. The van der Waals surface area contributed by atoms with E-state index in [0.29, 0.717) is 23.6 Å². The molecule has 1 rings (SSSR count). The Morgan fingerprint density at radius 3 is 2.28 bits per heavy atom. The maximum Gasteiger partial charge on any atom is 0.326 e. The molecule has 1 heterocycles. The van der Waals surface area contributed by atoms with Crippen LogP contribution in [0, 0.1) is 5.41 Å². The standard InChI is InChI=1S/C11H21N4O3/c1-9(16-3)13-11(17-4)14-10(12)15(2)5-7-18-8-6-15/h12H,5-8H2,1-4H3/q+1/b12-10?,13-9+,14-11+. The molecule has 0 amide bonds. The van der Waals surface area contributed by atoms with Crippen LogP contribution in [-0.4, -0.2) is 69.9 Å². The Morgan fingerprint density at radius 2 is 1.78 bits per heavy atom. The summed E-state index contributed by atoms with van der Waals surface area (Å²) in [4.78, 5) is 8.12. The van der Waals surface area contributed by atoms with Gasteiger partial charge in [-0.15, -0.1) is 4.99 Å². The predicted octanol–water partition coefficient (Wildman–Crippen LogP) is 0.465. The van der Waals surface area contributed by atoms with Crippen LogP contribution in [0.25, 0.3) is 0 Å². The van der Waals surface area contributed by atoms with Crippen LogP contribution < -0.4 is 0 Å². The van der Waals surface area contributed by atoms with Crippen molar-refractivity contribution in [3.8, 4) is 0 Å². The summed E-state index contributed by atoms with van der Waals surface area (Å²) in [6.45, 7) is 4.43. The van der Waals surface area contributed by atoms with Gasteiger partial charge in [0.1, 0.15) is 13.1 Å². The van der Waals surface area contributed by atoms with Gasteiger partial charge in [-0.25, -0.2) is 5.41 Å². The van der Waals surface area contributed by atoms with E-state index in [2.05, 4.69) is 9.98 Å². The van der Waals surface area contributed by atoms with Crippen molar-refractivity contribution in [3.05, 3.63) is 0 Å². The fraction of sp³-hybridized carbons (Fsp3) is 0.727. The van der Waals surface area contributed by atoms with E-state index >= 15 is 0 Å². The first-order chi connectivity index (χ1) is 8.51. The van der Waals surface area contributed by atoms with Gasteiger partial charge in [-0.1, -0.05) is 0 Å². The van der Waals surface area contributed by atoms with Gasteiger partial charge in [-0.05, 0) is 0 Å². The SMILES string of the molecule is CO/C(C)=N/C(=N\C(=N)[N+]1(C)CCOCC1)OC. The number of nitrogens with zero attached hydrogens (tertiary/aromatic N) is 3. The number of ether oxygens (including phenoxy) is 3. The maximum absolute atomic E-state index is 8.05. The number of amidine groups is 1. The van der Waals surface area contributed by atoms with Gasteiger partial charge in [0.25, 0.3) is 0 Å². The van der Waals surface area contributed by atoms with Crippen molar-refractivity contribution in [1.29, 1.82) is 5.41 Å². The van der Waals surface area contributed by atoms with Crippen molar-refractivity contribution in [2.24, 2.45) is 9.98 Å². The van der Waals surface area contributed by atoms with Crippen molar-refractivity contribution >= 4 is 17.9 Å². The highest BCUT2D eigenvalue weighted by Crippen LogP contribution is 2.09. The van der Waals surface area contributed by atoms with E-state index in [-0.39, 0.29) is 12.0 Å².